The van der Waals surface area contributed by atoms with Crippen molar-refractivity contribution >= 4 is 5.82 Å². The molecule has 0 radical (unpaired) electrons. The van der Waals surface area contributed by atoms with E-state index in [1.54, 1.807) is 16.8 Å². The Balaban J connectivity index is 1.46. The predicted octanol–water partition coefficient (Wildman–Crippen LogP) is 1.73. The lowest BCUT2D eigenvalue weighted by Crippen LogP contribution is -2.44. The quantitative estimate of drug-likeness (QED) is 0.859. The van der Waals surface area contributed by atoms with Crippen LogP contribution in [0, 0.1) is 5.92 Å². The number of nitrogens with zero attached hydrogens (tertiary/aromatic N) is 3. The maximum Gasteiger partial charge on any atom is 0.354 e. The van der Waals surface area contributed by atoms with Crippen LogP contribution in [0.3, 0.4) is 0 Å². The summed E-state index contributed by atoms with van der Waals surface area (Å²) >= 11 is 0. The van der Waals surface area contributed by atoms with Crippen molar-refractivity contribution in [1.82, 2.24) is 14.5 Å². The molecule has 4 N–H and O–H groups in total. The molecule has 1 saturated heterocycles. The van der Waals surface area contributed by atoms with Gasteiger partial charge in [0.15, 0.2) is 0 Å². The molecule has 1 atom stereocenters. The highest BCUT2D eigenvalue weighted by Gasteiger charge is 2.28. The van der Waals surface area contributed by atoms with Crippen molar-refractivity contribution in [2.45, 2.75) is 44.6 Å². The summed E-state index contributed by atoms with van der Waals surface area (Å²) < 4.78 is 1.56. The minimum atomic E-state index is -0.330. The molecule has 1 fully saturated rings. The van der Waals surface area contributed by atoms with Gasteiger partial charge in [0.25, 0.3) is 0 Å². The number of fused-ring (bicyclic) bond motifs is 1. The summed E-state index contributed by atoms with van der Waals surface area (Å²) in [5.74, 6) is 1.07. The van der Waals surface area contributed by atoms with Gasteiger partial charge < -0.3 is 16.4 Å². The molecule has 0 saturated carbocycles. The lowest BCUT2D eigenvalue weighted by Gasteiger charge is -2.40. The van der Waals surface area contributed by atoms with Crippen molar-refractivity contribution in [3.05, 3.63) is 52.1 Å². The Bertz CT molecular complexity index is 854. The summed E-state index contributed by atoms with van der Waals surface area (Å²) in [6.07, 6.45) is 8.79. The molecule has 1 aromatic carbocycles. The largest absolute Gasteiger partial charge is 0.383 e. The van der Waals surface area contributed by atoms with Crippen molar-refractivity contribution in [3.63, 3.8) is 0 Å². The van der Waals surface area contributed by atoms with Gasteiger partial charge in [-0.3, -0.25) is 4.57 Å². The van der Waals surface area contributed by atoms with Gasteiger partial charge >= 0.3 is 5.69 Å². The Kier molecular flexibility index (Phi) is 5.27. The van der Waals surface area contributed by atoms with E-state index in [9.17, 15) is 4.79 Å². The van der Waals surface area contributed by atoms with Crippen LogP contribution in [0.2, 0.25) is 0 Å². The lowest BCUT2D eigenvalue weighted by atomic mass is 9.85. The second-order valence-corrected chi connectivity index (χ2v) is 7.91. The summed E-state index contributed by atoms with van der Waals surface area (Å²) in [7, 11) is 0. The third-order valence-electron chi connectivity index (χ3n) is 6.24. The zero-order valence-electron chi connectivity index (χ0n) is 15.8. The van der Waals surface area contributed by atoms with Crippen LogP contribution in [0.4, 0.5) is 5.82 Å². The normalized spacial score (nSPS) is 21.1. The Morgan fingerprint density at radius 3 is 2.67 bits per heavy atom. The second-order valence-electron chi connectivity index (χ2n) is 7.91. The molecule has 1 aliphatic carbocycles. The van der Waals surface area contributed by atoms with E-state index >= 15 is 0 Å². The van der Waals surface area contributed by atoms with Crippen molar-refractivity contribution in [1.29, 1.82) is 0 Å². The topological polar surface area (TPSA) is 90.2 Å². The third kappa shape index (κ3) is 3.92. The maximum absolute atomic E-state index is 12.1. The molecular formula is C21H29N5O. The smallest absolute Gasteiger partial charge is 0.354 e. The Labute approximate surface area is 160 Å². The van der Waals surface area contributed by atoms with Gasteiger partial charge in [0, 0.05) is 12.2 Å². The highest BCUT2D eigenvalue weighted by atomic mass is 16.1. The SMILES string of the molecule is NCCC1CCN(C2CCc3cc(-n4ccc(N)nc4=O)ccc3C2)CC1. The van der Waals surface area contributed by atoms with Gasteiger partial charge in [-0.1, -0.05) is 6.07 Å². The van der Waals surface area contributed by atoms with Gasteiger partial charge in [0.1, 0.15) is 5.82 Å². The summed E-state index contributed by atoms with van der Waals surface area (Å²) in [5.41, 5.74) is 14.6. The number of nitrogens with two attached hydrogens (primary N) is 2. The molecule has 144 valence electrons. The van der Waals surface area contributed by atoms with Gasteiger partial charge in [0.05, 0.1) is 5.69 Å². The Morgan fingerprint density at radius 2 is 1.93 bits per heavy atom. The molecule has 1 aromatic heterocycles. The first-order chi connectivity index (χ1) is 13.1. The van der Waals surface area contributed by atoms with Crippen molar-refractivity contribution < 1.29 is 0 Å². The van der Waals surface area contributed by atoms with Gasteiger partial charge in [-0.25, -0.2) is 4.79 Å². The van der Waals surface area contributed by atoms with Crippen LogP contribution in [-0.2, 0) is 12.8 Å². The van der Waals surface area contributed by atoms with Gasteiger partial charge in [-0.15, -0.1) is 0 Å². The molecule has 0 amide bonds. The van der Waals surface area contributed by atoms with E-state index in [-0.39, 0.29) is 11.5 Å². The fourth-order valence-electron chi connectivity index (χ4n) is 4.64. The number of aromatic nitrogens is 2. The molecule has 1 unspecified atom stereocenters. The number of hydrogen-bond donors (Lipinski definition) is 2. The molecule has 2 heterocycles. The van der Waals surface area contributed by atoms with Crippen molar-refractivity contribution in [3.8, 4) is 5.69 Å². The zero-order valence-corrected chi connectivity index (χ0v) is 15.8. The van der Waals surface area contributed by atoms with Gasteiger partial charge in [-0.05, 0) is 93.4 Å². The number of benzene rings is 1. The first kappa shape index (κ1) is 18.2. The standard InChI is InChI=1S/C21H29N5O/c22-9-5-15-6-10-25(11-7-15)18-3-1-17-14-19(4-2-16(17)13-18)26-12-8-20(23)24-21(26)27/h2,4,8,12,14-15,18H,1,3,5-7,9-11,13,22H2,(H2,23,24,27). The molecule has 2 aliphatic rings. The van der Waals surface area contributed by atoms with E-state index in [1.165, 1.54) is 49.9 Å². The van der Waals surface area contributed by atoms with Crippen LogP contribution < -0.4 is 17.2 Å². The Hall–Kier alpha value is -2.18. The second kappa shape index (κ2) is 7.82. The highest BCUT2D eigenvalue weighted by molar-refractivity contribution is 5.43. The van der Waals surface area contributed by atoms with E-state index < -0.39 is 0 Å². The number of hydrogen-bond acceptors (Lipinski definition) is 5. The molecule has 6 heteroatoms. The molecular weight excluding hydrogens is 338 g/mol. The number of likely N-dealkylation sites (tertiary alicyclic amines) is 1. The first-order valence-electron chi connectivity index (χ1n) is 10.1. The van der Waals surface area contributed by atoms with Crippen molar-refractivity contribution in [2.24, 2.45) is 11.7 Å². The number of aryl methyl sites for hydroxylation is 1. The minimum absolute atomic E-state index is 0.257. The predicted molar refractivity (Wildman–Crippen MR) is 108 cm³/mol. The Morgan fingerprint density at radius 1 is 1.11 bits per heavy atom. The van der Waals surface area contributed by atoms with E-state index in [0.29, 0.717) is 6.04 Å². The summed E-state index contributed by atoms with van der Waals surface area (Å²) in [5, 5.41) is 0. The number of rotatable bonds is 4. The number of anilines is 1. The summed E-state index contributed by atoms with van der Waals surface area (Å²) in [6.45, 7) is 3.22. The van der Waals surface area contributed by atoms with Crippen LogP contribution in [-0.4, -0.2) is 40.1 Å². The average Bonchev–Trinajstić information content (AvgIpc) is 2.68. The highest BCUT2D eigenvalue weighted by Crippen LogP contribution is 2.29. The molecule has 1 aliphatic heterocycles. The summed E-state index contributed by atoms with van der Waals surface area (Å²) in [6, 6.07) is 8.64. The first-order valence-corrected chi connectivity index (χ1v) is 10.1. The molecule has 4 rings (SSSR count). The fraction of sp³-hybridized carbons (Fsp3) is 0.524. The van der Waals surface area contributed by atoms with Crippen LogP contribution in [0.15, 0.2) is 35.3 Å². The molecule has 0 spiro atoms. The third-order valence-corrected chi connectivity index (χ3v) is 6.24. The monoisotopic (exact) mass is 367 g/mol. The van der Waals surface area contributed by atoms with Gasteiger partial charge in [-0.2, -0.15) is 4.98 Å². The van der Waals surface area contributed by atoms with E-state index in [2.05, 4.69) is 22.0 Å². The van der Waals surface area contributed by atoms with Gasteiger partial charge in [0.2, 0.25) is 0 Å². The van der Waals surface area contributed by atoms with Crippen LogP contribution in [0.1, 0.15) is 36.8 Å². The molecule has 2 aromatic rings. The molecule has 27 heavy (non-hydrogen) atoms. The number of nitrogen functional groups attached to an aromatic ring is 1. The minimum Gasteiger partial charge on any atom is -0.383 e. The maximum atomic E-state index is 12.1. The number of piperidine rings is 1. The zero-order chi connectivity index (χ0) is 18.8. The van der Waals surface area contributed by atoms with Crippen LogP contribution in [0.5, 0.6) is 0 Å². The molecule has 0 bridgehead atoms. The van der Waals surface area contributed by atoms with E-state index in [0.717, 1.165) is 31.0 Å². The van der Waals surface area contributed by atoms with Crippen molar-refractivity contribution in [2.75, 3.05) is 25.4 Å². The van der Waals surface area contributed by atoms with E-state index in [4.69, 9.17) is 11.5 Å². The van der Waals surface area contributed by atoms with E-state index in [1.807, 2.05) is 6.07 Å². The average molecular weight is 367 g/mol. The fourth-order valence-corrected chi connectivity index (χ4v) is 4.64. The van der Waals surface area contributed by atoms with Crippen LogP contribution in [0.25, 0.3) is 5.69 Å². The molecule has 6 nitrogen and oxygen atoms in total. The lowest BCUT2D eigenvalue weighted by molar-refractivity contribution is 0.120. The summed E-state index contributed by atoms with van der Waals surface area (Å²) in [4.78, 5) is 18.6. The van der Waals surface area contributed by atoms with Crippen LogP contribution >= 0.6 is 0 Å².